The lowest BCUT2D eigenvalue weighted by molar-refractivity contribution is 0.195. The van der Waals surface area contributed by atoms with Gasteiger partial charge in [-0.15, -0.1) is 0 Å². The summed E-state index contributed by atoms with van der Waals surface area (Å²) >= 11 is 0. The molecule has 1 aliphatic rings. The molecule has 1 atom stereocenters. The first-order valence-corrected chi connectivity index (χ1v) is 9.38. The number of halogens is 1. The molecule has 0 bridgehead atoms. The highest BCUT2D eigenvalue weighted by atomic mass is 19.1. The van der Waals surface area contributed by atoms with Crippen LogP contribution < -0.4 is 9.64 Å². The van der Waals surface area contributed by atoms with E-state index in [2.05, 4.69) is 15.0 Å². The molecule has 29 heavy (non-hydrogen) atoms. The fraction of sp³-hybridized carbons (Fsp3) is 0.182. The molecule has 0 saturated heterocycles. The van der Waals surface area contributed by atoms with Crippen molar-refractivity contribution in [1.82, 2.24) is 15.0 Å². The van der Waals surface area contributed by atoms with Gasteiger partial charge in [0.25, 0.3) is 0 Å². The Kier molecular flexibility index (Phi) is 4.17. The highest BCUT2D eigenvalue weighted by Crippen LogP contribution is 2.44. The minimum Gasteiger partial charge on any atom is -0.488 e. The van der Waals surface area contributed by atoms with E-state index in [0.717, 1.165) is 22.6 Å². The zero-order valence-electron chi connectivity index (χ0n) is 15.8. The SMILES string of the molecule is Cc1ccc(N2c3cccc(-c4nc5ccc(F)cc5[nH]4)c3OC[C@@H]2CO)nc1. The average molecular weight is 390 g/mol. The summed E-state index contributed by atoms with van der Waals surface area (Å²) in [5.41, 5.74) is 3.94. The Labute approximate surface area is 166 Å². The molecule has 2 N–H and O–H groups in total. The van der Waals surface area contributed by atoms with Crippen molar-refractivity contribution < 1.29 is 14.2 Å². The van der Waals surface area contributed by atoms with Crippen LogP contribution in [-0.2, 0) is 0 Å². The number of nitrogens with zero attached hydrogens (tertiary/aromatic N) is 3. The molecule has 5 rings (SSSR count). The third-order valence-corrected chi connectivity index (χ3v) is 5.09. The number of anilines is 2. The summed E-state index contributed by atoms with van der Waals surface area (Å²) < 4.78 is 19.6. The number of aliphatic hydroxyl groups is 1. The number of aromatic nitrogens is 3. The first kappa shape index (κ1) is 17.6. The molecule has 2 aromatic carbocycles. The molecule has 2 aromatic heterocycles. The smallest absolute Gasteiger partial charge is 0.154 e. The van der Waals surface area contributed by atoms with Crippen LogP contribution in [0.1, 0.15) is 5.56 Å². The van der Waals surface area contributed by atoms with Crippen molar-refractivity contribution in [1.29, 1.82) is 0 Å². The van der Waals surface area contributed by atoms with E-state index in [1.165, 1.54) is 12.1 Å². The molecule has 0 spiro atoms. The zero-order valence-corrected chi connectivity index (χ0v) is 15.8. The molecule has 0 radical (unpaired) electrons. The average Bonchev–Trinajstić information content (AvgIpc) is 3.16. The second-order valence-corrected chi connectivity index (χ2v) is 7.11. The van der Waals surface area contributed by atoms with Crippen LogP contribution in [0.15, 0.2) is 54.7 Å². The predicted molar refractivity (Wildman–Crippen MR) is 109 cm³/mol. The second-order valence-electron chi connectivity index (χ2n) is 7.11. The number of hydrogen-bond acceptors (Lipinski definition) is 5. The van der Waals surface area contributed by atoms with Crippen LogP contribution >= 0.6 is 0 Å². The minimum absolute atomic E-state index is 0.0663. The standard InChI is InChI=1S/C22H19FN4O2/c1-13-5-8-20(24-10-13)27-15(11-28)12-29-21-16(3-2-4-19(21)27)22-25-17-7-6-14(23)9-18(17)26-22/h2-10,15,28H,11-12H2,1H3,(H,25,26)/t15-/m0/s1. The number of aliphatic hydroxyl groups excluding tert-OH is 1. The number of fused-ring (bicyclic) bond motifs is 2. The number of aryl methyl sites for hydroxylation is 1. The van der Waals surface area contributed by atoms with Crippen LogP contribution in [0, 0.1) is 12.7 Å². The van der Waals surface area contributed by atoms with Gasteiger partial charge >= 0.3 is 0 Å². The Morgan fingerprint density at radius 1 is 1.24 bits per heavy atom. The molecule has 0 saturated carbocycles. The molecule has 0 fully saturated rings. The van der Waals surface area contributed by atoms with Crippen LogP contribution in [0.25, 0.3) is 22.4 Å². The number of para-hydroxylation sites is 1. The maximum atomic E-state index is 13.6. The van der Waals surface area contributed by atoms with E-state index in [-0.39, 0.29) is 18.5 Å². The van der Waals surface area contributed by atoms with E-state index in [1.54, 1.807) is 12.3 Å². The quantitative estimate of drug-likeness (QED) is 0.554. The van der Waals surface area contributed by atoms with Gasteiger partial charge in [-0.05, 0) is 48.9 Å². The summed E-state index contributed by atoms with van der Waals surface area (Å²) in [5, 5.41) is 9.91. The Morgan fingerprint density at radius 2 is 2.14 bits per heavy atom. The fourth-order valence-electron chi connectivity index (χ4n) is 3.66. The first-order valence-electron chi connectivity index (χ1n) is 9.38. The highest BCUT2D eigenvalue weighted by Gasteiger charge is 2.31. The number of nitrogens with one attached hydrogen (secondary N) is 1. The van der Waals surface area contributed by atoms with Gasteiger partial charge in [0.15, 0.2) is 5.75 Å². The summed E-state index contributed by atoms with van der Waals surface area (Å²) in [6.07, 6.45) is 1.80. The largest absolute Gasteiger partial charge is 0.488 e. The number of pyridine rings is 1. The minimum atomic E-state index is -0.318. The van der Waals surface area contributed by atoms with Crippen molar-refractivity contribution in [2.24, 2.45) is 0 Å². The predicted octanol–water partition coefficient (Wildman–Crippen LogP) is 3.96. The van der Waals surface area contributed by atoms with Crippen LogP contribution in [0.4, 0.5) is 15.9 Å². The molecule has 146 valence electrons. The van der Waals surface area contributed by atoms with Gasteiger partial charge in [0.05, 0.1) is 34.9 Å². The highest BCUT2D eigenvalue weighted by molar-refractivity contribution is 5.84. The van der Waals surface area contributed by atoms with E-state index in [0.29, 0.717) is 29.2 Å². The van der Waals surface area contributed by atoms with Crippen molar-refractivity contribution in [3.63, 3.8) is 0 Å². The van der Waals surface area contributed by atoms with Crippen molar-refractivity contribution >= 4 is 22.5 Å². The van der Waals surface area contributed by atoms with E-state index in [4.69, 9.17) is 4.74 Å². The molecular formula is C22H19FN4O2. The van der Waals surface area contributed by atoms with Gasteiger partial charge in [0.2, 0.25) is 0 Å². The Bertz CT molecular complexity index is 1190. The lowest BCUT2D eigenvalue weighted by Crippen LogP contribution is -2.43. The van der Waals surface area contributed by atoms with Gasteiger partial charge in [0.1, 0.15) is 24.1 Å². The molecule has 0 amide bonds. The molecule has 1 aliphatic heterocycles. The number of hydrogen-bond donors (Lipinski definition) is 2. The molecule has 3 heterocycles. The van der Waals surface area contributed by atoms with E-state index in [1.807, 2.05) is 42.2 Å². The van der Waals surface area contributed by atoms with Crippen LogP contribution in [0.2, 0.25) is 0 Å². The van der Waals surface area contributed by atoms with E-state index in [9.17, 15) is 9.50 Å². The Hall–Kier alpha value is -3.45. The number of rotatable bonds is 3. The van der Waals surface area contributed by atoms with Gasteiger partial charge in [0, 0.05) is 6.20 Å². The van der Waals surface area contributed by atoms with E-state index >= 15 is 0 Å². The Balaban J connectivity index is 1.65. The molecule has 0 aliphatic carbocycles. The number of ether oxygens (including phenoxy) is 1. The van der Waals surface area contributed by atoms with Crippen LogP contribution in [0.5, 0.6) is 5.75 Å². The zero-order chi connectivity index (χ0) is 20.0. The summed E-state index contributed by atoms with van der Waals surface area (Å²) in [4.78, 5) is 14.3. The van der Waals surface area contributed by atoms with Gasteiger partial charge < -0.3 is 19.7 Å². The Morgan fingerprint density at radius 3 is 2.93 bits per heavy atom. The van der Waals surface area contributed by atoms with Crippen LogP contribution in [-0.4, -0.2) is 39.3 Å². The lowest BCUT2D eigenvalue weighted by atomic mass is 10.1. The number of benzene rings is 2. The van der Waals surface area contributed by atoms with Crippen molar-refractivity contribution in [2.45, 2.75) is 13.0 Å². The normalized spacial score (nSPS) is 16.0. The number of imidazole rings is 1. The maximum Gasteiger partial charge on any atom is 0.154 e. The summed E-state index contributed by atoms with van der Waals surface area (Å²) in [6, 6.07) is 13.9. The monoisotopic (exact) mass is 390 g/mol. The van der Waals surface area contributed by atoms with Crippen molar-refractivity contribution in [3.8, 4) is 17.1 Å². The maximum absolute atomic E-state index is 13.6. The first-order chi connectivity index (χ1) is 14.1. The molecule has 4 aromatic rings. The van der Waals surface area contributed by atoms with Gasteiger partial charge in [-0.25, -0.2) is 14.4 Å². The van der Waals surface area contributed by atoms with Gasteiger partial charge in [-0.2, -0.15) is 0 Å². The third-order valence-electron chi connectivity index (χ3n) is 5.09. The molecule has 7 heteroatoms. The van der Waals surface area contributed by atoms with Crippen molar-refractivity contribution in [3.05, 3.63) is 66.1 Å². The molecular weight excluding hydrogens is 371 g/mol. The van der Waals surface area contributed by atoms with Gasteiger partial charge in [-0.3, -0.25) is 0 Å². The summed E-state index contributed by atoms with van der Waals surface area (Å²) in [6.45, 7) is 2.23. The van der Waals surface area contributed by atoms with Crippen LogP contribution in [0.3, 0.4) is 0 Å². The number of aromatic amines is 1. The summed E-state index contributed by atoms with van der Waals surface area (Å²) in [5.74, 6) is 1.67. The molecule has 0 unspecified atom stereocenters. The molecule has 6 nitrogen and oxygen atoms in total. The summed E-state index contributed by atoms with van der Waals surface area (Å²) in [7, 11) is 0. The second kappa shape index (κ2) is 6.86. The topological polar surface area (TPSA) is 74.3 Å². The van der Waals surface area contributed by atoms with E-state index < -0.39 is 0 Å². The number of H-pyrrole nitrogens is 1. The fourth-order valence-corrected chi connectivity index (χ4v) is 3.66. The third kappa shape index (κ3) is 3.00. The van der Waals surface area contributed by atoms with Gasteiger partial charge in [-0.1, -0.05) is 12.1 Å². The lowest BCUT2D eigenvalue weighted by Gasteiger charge is -2.37. The van der Waals surface area contributed by atoms with Crippen molar-refractivity contribution in [2.75, 3.05) is 18.1 Å².